The highest BCUT2D eigenvalue weighted by atomic mass is 19.1. The summed E-state index contributed by atoms with van der Waals surface area (Å²) in [6.45, 7) is 0.804. The Kier molecular flexibility index (Phi) is 5.59. The van der Waals surface area contributed by atoms with Crippen LogP contribution in [0.3, 0.4) is 0 Å². The third-order valence-corrected chi connectivity index (χ3v) is 3.63. The predicted octanol–water partition coefficient (Wildman–Crippen LogP) is 4.66. The van der Waals surface area contributed by atoms with Crippen molar-refractivity contribution in [2.24, 2.45) is 0 Å². The number of hydrogen-bond donors (Lipinski definition) is 2. The Labute approximate surface area is 145 Å². The average molecular weight is 340 g/mol. The molecule has 0 radical (unpaired) electrons. The molecule has 25 heavy (non-hydrogen) atoms. The lowest BCUT2D eigenvalue weighted by atomic mass is 10.1. The molecule has 0 spiro atoms. The van der Waals surface area contributed by atoms with Crippen LogP contribution in [-0.2, 0) is 13.2 Å². The summed E-state index contributed by atoms with van der Waals surface area (Å²) in [4.78, 5) is 0. The fourth-order valence-electron chi connectivity index (χ4n) is 2.41. The zero-order valence-corrected chi connectivity index (χ0v) is 13.5. The van der Waals surface area contributed by atoms with Gasteiger partial charge in [0.05, 0.1) is 0 Å². The van der Waals surface area contributed by atoms with E-state index in [9.17, 15) is 8.78 Å². The van der Waals surface area contributed by atoms with Crippen molar-refractivity contribution in [3.05, 3.63) is 95.6 Å². The highest BCUT2D eigenvalue weighted by Gasteiger charge is 2.05. The molecule has 128 valence electrons. The summed E-state index contributed by atoms with van der Waals surface area (Å²) < 4.78 is 32.0. The first-order valence-electron chi connectivity index (χ1n) is 7.90. The van der Waals surface area contributed by atoms with Gasteiger partial charge in [0.15, 0.2) is 0 Å². The Balaban J connectivity index is 1.60. The maximum atomic E-state index is 13.2. The van der Waals surface area contributed by atoms with E-state index in [0.29, 0.717) is 6.54 Å². The molecule has 0 heterocycles. The molecule has 3 aromatic carbocycles. The van der Waals surface area contributed by atoms with Gasteiger partial charge in [0.1, 0.15) is 24.0 Å². The van der Waals surface area contributed by atoms with Crippen molar-refractivity contribution in [3.8, 4) is 5.75 Å². The minimum absolute atomic E-state index is 0.169. The SMILES string of the molecule is Fc1cc(F)cc(OCc2ccccc2CNNc2ccccc2)c1. The van der Waals surface area contributed by atoms with Crippen molar-refractivity contribution in [2.45, 2.75) is 13.2 Å². The van der Waals surface area contributed by atoms with Gasteiger partial charge in [-0.3, -0.25) is 0 Å². The second-order valence-electron chi connectivity index (χ2n) is 5.51. The van der Waals surface area contributed by atoms with E-state index in [1.165, 1.54) is 12.1 Å². The molecule has 0 atom stereocenters. The maximum absolute atomic E-state index is 13.2. The zero-order chi connectivity index (χ0) is 17.5. The highest BCUT2D eigenvalue weighted by molar-refractivity contribution is 5.41. The van der Waals surface area contributed by atoms with E-state index in [1.807, 2.05) is 54.6 Å². The molecule has 0 saturated heterocycles. The zero-order valence-electron chi connectivity index (χ0n) is 13.5. The molecule has 2 N–H and O–H groups in total. The minimum atomic E-state index is -0.656. The summed E-state index contributed by atoms with van der Waals surface area (Å²) in [5, 5.41) is 0. The Morgan fingerprint density at radius 1 is 0.760 bits per heavy atom. The van der Waals surface area contributed by atoms with Crippen molar-refractivity contribution >= 4 is 5.69 Å². The largest absolute Gasteiger partial charge is 0.489 e. The van der Waals surface area contributed by atoms with Gasteiger partial charge in [-0.25, -0.2) is 14.2 Å². The molecule has 3 rings (SSSR count). The van der Waals surface area contributed by atoms with Crippen LogP contribution < -0.4 is 15.6 Å². The molecule has 0 aromatic heterocycles. The van der Waals surface area contributed by atoms with E-state index < -0.39 is 11.6 Å². The fourth-order valence-corrected chi connectivity index (χ4v) is 2.41. The number of para-hydroxylation sites is 1. The standard InChI is InChI=1S/C20H18F2N2O/c21-17-10-18(22)12-20(11-17)25-14-16-7-5-4-6-15(16)13-23-24-19-8-2-1-3-9-19/h1-12,23-24H,13-14H2. The number of halogens is 2. The van der Waals surface area contributed by atoms with Crippen molar-refractivity contribution in [1.29, 1.82) is 0 Å². The molecule has 0 fully saturated rings. The summed E-state index contributed by atoms with van der Waals surface area (Å²) in [6, 6.07) is 20.7. The first-order valence-corrected chi connectivity index (χ1v) is 7.90. The molecule has 0 saturated carbocycles. The molecular formula is C20H18F2N2O. The Morgan fingerprint density at radius 3 is 2.12 bits per heavy atom. The van der Waals surface area contributed by atoms with Crippen LogP contribution in [0.1, 0.15) is 11.1 Å². The van der Waals surface area contributed by atoms with Crippen molar-refractivity contribution in [2.75, 3.05) is 5.43 Å². The lowest BCUT2D eigenvalue weighted by Gasteiger charge is -2.13. The van der Waals surface area contributed by atoms with Crippen molar-refractivity contribution in [3.63, 3.8) is 0 Å². The van der Waals surface area contributed by atoms with Crippen LogP contribution >= 0.6 is 0 Å². The van der Waals surface area contributed by atoms with Gasteiger partial charge in [-0.1, -0.05) is 42.5 Å². The molecule has 0 aliphatic carbocycles. The monoisotopic (exact) mass is 340 g/mol. The van der Waals surface area contributed by atoms with Crippen LogP contribution in [0.15, 0.2) is 72.8 Å². The van der Waals surface area contributed by atoms with E-state index in [0.717, 1.165) is 22.9 Å². The van der Waals surface area contributed by atoms with Gasteiger partial charge in [-0.2, -0.15) is 0 Å². The molecule has 0 aliphatic rings. The Hall–Kier alpha value is -2.92. The third-order valence-electron chi connectivity index (χ3n) is 3.63. The Morgan fingerprint density at radius 2 is 1.40 bits per heavy atom. The second-order valence-corrected chi connectivity index (χ2v) is 5.51. The first-order chi connectivity index (χ1) is 12.2. The van der Waals surface area contributed by atoms with Crippen LogP contribution in [0, 0.1) is 11.6 Å². The summed E-state index contributed by atoms with van der Waals surface area (Å²) in [7, 11) is 0. The second kappa shape index (κ2) is 8.26. The molecular weight excluding hydrogens is 322 g/mol. The van der Waals surface area contributed by atoms with Gasteiger partial charge in [0.25, 0.3) is 0 Å². The lowest BCUT2D eigenvalue weighted by Crippen LogP contribution is -2.21. The number of nitrogens with one attached hydrogen (secondary N) is 2. The van der Waals surface area contributed by atoms with Gasteiger partial charge in [0, 0.05) is 30.4 Å². The van der Waals surface area contributed by atoms with E-state index in [-0.39, 0.29) is 12.4 Å². The molecule has 0 unspecified atom stereocenters. The summed E-state index contributed by atoms with van der Waals surface area (Å²) in [6.07, 6.45) is 0. The normalized spacial score (nSPS) is 10.5. The average Bonchev–Trinajstić information content (AvgIpc) is 2.61. The minimum Gasteiger partial charge on any atom is -0.489 e. The maximum Gasteiger partial charge on any atom is 0.129 e. The van der Waals surface area contributed by atoms with Crippen LogP contribution in [0.4, 0.5) is 14.5 Å². The topological polar surface area (TPSA) is 33.3 Å². The van der Waals surface area contributed by atoms with Crippen LogP contribution in [0.2, 0.25) is 0 Å². The predicted molar refractivity (Wildman–Crippen MR) is 94.0 cm³/mol. The molecule has 0 bridgehead atoms. The summed E-state index contributed by atoms with van der Waals surface area (Å²) in [5.41, 5.74) is 9.20. The smallest absolute Gasteiger partial charge is 0.129 e. The molecule has 5 heteroatoms. The van der Waals surface area contributed by atoms with Gasteiger partial charge in [-0.15, -0.1) is 0 Å². The molecule has 0 aliphatic heterocycles. The number of anilines is 1. The van der Waals surface area contributed by atoms with Crippen LogP contribution in [0.25, 0.3) is 0 Å². The van der Waals surface area contributed by atoms with Gasteiger partial charge >= 0.3 is 0 Å². The molecule has 3 aromatic rings. The number of hydrazine groups is 1. The van der Waals surface area contributed by atoms with Crippen LogP contribution in [0.5, 0.6) is 5.75 Å². The van der Waals surface area contributed by atoms with Gasteiger partial charge in [0.2, 0.25) is 0 Å². The number of hydrogen-bond acceptors (Lipinski definition) is 3. The number of rotatable bonds is 7. The number of benzene rings is 3. The van der Waals surface area contributed by atoms with E-state index >= 15 is 0 Å². The van der Waals surface area contributed by atoms with Crippen molar-refractivity contribution < 1.29 is 13.5 Å². The molecule has 0 amide bonds. The summed E-state index contributed by atoms with van der Waals surface area (Å²) in [5.74, 6) is -1.14. The van der Waals surface area contributed by atoms with E-state index in [4.69, 9.17) is 4.74 Å². The number of ether oxygens (including phenoxy) is 1. The van der Waals surface area contributed by atoms with E-state index in [2.05, 4.69) is 10.9 Å². The van der Waals surface area contributed by atoms with E-state index in [1.54, 1.807) is 0 Å². The summed E-state index contributed by atoms with van der Waals surface area (Å²) >= 11 is 0. The lowest BCUT2D eigenvalue weighted by molar-refractivity contribution is 0.301. The Bertz CT molecular complexity index is 805. The van der Waals surface area contributed by atoms with Crippen LogP contribution in [-0.4, -0.2) is 0 Å². The fraction of sp³-hybridized carbons (Fsp3) is 0.100. The quantitative estimate of drug-likeness (QED) is 0.614. The third kappa shape index (κ3) is 5.02. The molecule has 3 nitrogen and oxygen atoms in total. The van der Waals surface area contributed by atoms with Gasteiger partial charge < -0.3 is 10.2 Å². The van der Waals surface area contributed by atoms with Gasteiger partial charge in [-0.05, 0) is 23.3 Å². The van der Waals surface area contributed by atoms with Crippen molar-refractivity contribution in [1.82, 2.24) is 5.43 Å². The highest BCUT2D eigenvalue weighted by Crippen LogP contribution is 2.18. The first kappa shape index (κ1) is 16.9.